The van der Waals surface area contributed by atoms with Crippen molar-refractivity contribution in [2.24, 2.45) is 5.73 Å². The van der Waals surface area contributed by atoms with Crippen LogP contribution >= 0.6 is 0 Å². The van der Waals surface area contributed by atoms with Crippen LogP contribution in [0.4, 0.5) is 5.69 Å². The van der Waals surface area contributed by atoms with Crippen molar-refractivity contribution in [1.29, 1.82) is 5.26 Å². The molecule has 1 aromatic rings. The van der Waals surface area contributed by atoms with E-state index in [4.69, 9.17) is 21.8 Å². The van der Waals surface area contributed by atoms with Gasteiger partial charge in [-0.05, 0) is 24.1 Å². The molecule has 0 aliphatic rings. The van der Waals surface area contributed by atoms with Gasteiger partial charge >= 0.3 is 0 Å². The van der Waals surface area contributed by atoms with Gasteiger partial charge in [-0.15, -0.1) is 0 Å². The molecule has 0 fully saturated rings. The van der Waals surface area contributed by atoms with Crippen molar-refractivity contribution in [2.75, 3.05) is 12.3 Å². The molecule has 0 aliphatic carbocycles. The molecule has 4 heteroatoms. The van der Waals surface area contributed by atoms with E-state index in [1.807, 2.05) is 6.07 Å². The number of rotatable bonds is 3. The lowest BCUT2D eigenvalue weighted by atomic mass is 10.0. The molecular weight excluding hydrogens is 178 g/mol. The molecule has 1 atom stereocenters. The minimum absolute atomic E-state index is 0.0427. The number of nitriles is 1. The Morgan fingerprint density at radius 2 is 2.21 bits per heavy atom. The van der Waals surface area contributed by atoms with Crippen LogP contribution in [-0.4, -0.2) is 11.7 Å². The first-order valence-corrected chi connectivity index (χ1v) is 4.35. The van der Waals surface area contributed by atoms with Crippen LogP contribution < -0.4 is 11.5 Å². The Morgan fingerprint density at radius 3 is 2.71 bits per heavy atom. The maximum Gasteiger partial charge on any atom is 0.101 e. The number of aliphatic hydroxyl groups excluding tert-OH is 1. The largest absolute Gasteiger partial charge is 0.398 e. The van der Waals surface area contributed by atoms with Crippen LogP contribution in [0.2, 0.25) is 0 Å². The maximum absolute atomic E-state index is 8.70. The molecule has 0 heterocycles. The third-order valence-corrected chi connectivity index (χ3v) is 2.06. The molecule has 0 aliphatic heterocycles. The summed E-state index contributed by atoms with van der Waals surface area (Å²) in [7, 11) is 0. The maximum atomic E-state index is 8.70. The van der Waals surface area contributed by atoms with Gasteiger partial charge in [0, 0.05) is 18.3 Å². The third kappa shape index (κ3) is 2.22. The minimum atomic E-state index is -0.227. The number of nitrogen functional groups attached to an aromatic ring is 1. The van der Waals surface area contributed by atoms with E-state index >= 15 is 0 Å². The normalized spacial score (nSPS) is 12.1. The van der Waals surface area contributed by atoms with E-state index in [1.165, 1.54) is 0 Å². The van der Waals surface area contributed by atoms with Gasteiger partial charge in [0.05, 0.1) is 5.56 Å². The van der Waals surface area contributed by atoms with E-state index in [1.54, 1.807) is 18.2 Å². The molecule has 74 valence electrons. The first-order valence-electron chi connectivity index (χ1n) is 4.35. The molecule has 0 radical (unpaired) electrons. The third-order valence-electron chi connectivity index (χ3n) is 2.06. The number of anilines is 1. The number of nitrogens with two attached hydrogens (primary N) is 2. The van der Waals surface area contributed by atoms with Gasteiger partial charge in [0.15, 0.2) is 0 Å². The van der Waals surface area contributed by atoms with Crippen molar-refractivity contribution < 1.29 is 5.11 Å². The second-order valence-electron chi connectivity index (χ2n) is 3.08. The predicted octanol–water partition coefficient (Wildman–Crippen LogP) is 0.523. The molecular formula is C10H13N3O. The van der Waals surface area contributed by atoms with Crippen LogP contribution in [0.5, 0.6) is 0 Å². The van der Waals surface area contributed by atoms with Gasteiger partial charge in [-0.25, -0.2) is 0 Å². The average Bonchev–Trinajstić information content (AvgIpc) is 2.18. The van der Waals surface area contributed by atoms with Crippen molar-refractivity contribution in [2.45, 2.75) is 12.5 Å². The lowest BCUT2D eigenvalue weighted by Crippen LogP contribution is -2.12. The van der Waals surface area contributed by atoms with Crippen molar-refractivity contribution in [3.63, 3.8) is 0 Å². The molecule has 0 saturated heterocycles. The van der Waals surface area contributed by atoms with Crippen LogP contribution in [0, 0.1) is 11.3 Å². The summed E-state index contributed by atoms with van der Waals surface area (Å²) in [6.07, 6.45) is 0.491. The predicted molar refractivity (Wildman–Crippen MR) is 54.2 cm³/mol. The molecule has 1 aromatic carbocycles. The SMILES string of the molecule is N#Cc1ccc([C@H](N)CCO)cc1N. The number of aliphatic hydroxyl groups is 1. The Balaban J connectivity index is 2.92. The van der Waals surface area contributed by atoms with E-state index in [2.05, 4.69) is 0 Å². The van der Waals surface area contributed by atoms with Crippen LogP contribution in [-0.2, 0) is 0 Å². The van der Waals surface area contributed by atoms with Gasteiger partial charge < -0.3 is 16.6 Å². The van der Waals surface area contributed by atoms with E-state index in [0.29, 0.717) is 17.7 Å². The second-order valence-corrected chi connectivity index (χ2v) is 3.08. The molecule has 0 amide bonds. The number of nitrogens with zero attached hydrogens (tertiary/aromatic N) is 1. The van der Waals surface area contributed by atoms with Gasteiger partial charge in [-0.1, -0.05) is 6.07 Å². The summed E-state index contributed by atoms with van der Waals surface area (Å²) < 4.78 is 0. The summed E-state index contributed by atoms with van der Waals surface area (Å²) in [6.45, 7) is 0.0427. The Labute approximate surface area is 82.8 Å². The Hall–Kier alpha value is -1.57. The van der Waals surface area contributed by atoms with Gasteiger partial charge in [0.2, 0.25) is 0 Å². The van der Waals surface area contributed by atoms with Crippen LogP contribution in [0.3, 0.4) is 0 Å². The van der Waals surface area contributed by atoms with E-state index in [9.17, 15) is 0 Å². The molecule has 0 spiro atoms. The van der Waals surface area contributed by atoms with Gasteiger partial charge in [-0.3, -0.25) is 0 Å². The fraction of sp³-hybridized carbons (Fsp3) is 0.300. The topological polar surface area (TPSA) is 96.1 Å². The summed E-state index contributed by atoms with van der Waals surface area (Å²) in [5, 5.41) is 17.4. The van der Waals surface area contributed by atoms with Crippen molar-refractivity contribution in [3.05, 3.63) is 29.3 Å². The molecule has 0 unspecified atom stereocenters. The summed E-state index contributed by atoms with van der Waals surface area (Å²) >= 11 is 0. The Bertz CT molecular complexity index is 357. The molecule has 14 heavy (non-hydrogen) atoms. The zero-order valence-corrected chi connectivity index (χ0v) is 7.77. The van der Waals surface area contributed by atoms with Crippen LogP contribution in [0.1, 0.15) is 23.6 Å². The fourth-order valence-corrected chi connectivity index (χ4v) is 1.22. The second kappa shape index (κ2) is 4.61. The summed E-state index contributed by atoms with van der Waals surface area (Å²) in [5.41, 5.74) is 13.1. The summed E-state index contributed by atoms with van der Waals surface area (Å²) in [4.78, 5) is 0. The zero-order chi connectivity index (χ0) is 10.6. The number of hydrogen-bond donors (Lipinski definition) is 3. The monoisotopic (exact) mass is 191 g/mol. The zero-order valence-electron chi connectivity index (χ0n) is 7.77. The standard InChI is InChI=1S/C10H13N3O/c11-6-8-2-1-7(5-10(8)13)9(12)3-4-14/h1-2,5,9,14H,3-4,12-13H2/t9-/m1/s1. The summed E-state index contributed by atoms with van der Waals surface area (Å²) in [5.74, 6) is 0. The smallest absolute Gasteiger partial charge is 0.101 e. The molecule has 0 aromatic heterocycles. The molecule has 0 bridgehead atoms. The highest BCUT2D eigenvalue weighted by molar-refractivity contribution is 5.55. The Kier molecular flexibility index (Phi) is 3.46. The highest BCUT2D eigenvalue weighted by Crippen LogP contribution is 2.19. The van der Waals surface area contributed by atoms with Crippen LogP contribution in [0.15, 0.2) is 18.2 Å². The fourth-order valence-electron chi connectivity index (χ4n) is 1.22. The van der Waals surface area contributed by atoms with Crippen molar-refractivity contribution in [1.82, 2.24) is 0 Å². The van der Waals surface area contributed by atoms with Crippen molar-refractivity contribution >= 4 is 5.69 Å². The number of benzene rings is 1. The highest BCUT2D eigenvalue weighted by atomic mass is 16.3. The first-order chi connectivity index (χ1) is 6.69. The highest BCUT2D eigenvalue weighted by Gasteiger charge is 2.07. The lowest BCUT2D eigenvalue weighted by molar-refractivity contribution is 0.276. The minimum Gasteiger partial charge on any atom is -0.398 e. The van der Waals surface area contributed by atoms with E-state index in [0.717, 1.165) is 5.56 Å². The Morgan fingerprint density at radius 1 is 1.50 bits per heavy atom. The van der Waals surface area contributed by atoms with Crippen LogP contribution in [0.25, 0.3) is 0 Å². The molecule has 5 N–H and O–H groups in total. The quantitative estimate of drug-likeness (QED) is 0.607. The van der Waals surface area contributed by atoms with Gasteiger partial charge in [-0.2, -0.15) is 5.26 Å². The number of hydrogen-bond acceptors (Lipinski definition) is 4. The lowest BCUT2D eigenvalue weighted by Gasteiger charge is -2.11. The van der Waals surface area contributed by atoms with E-state index in [-0.39, 0.29) is 12.6 Å². The van der Waals surface area contributed by atoms with Gasteiger partial charge in [0.1, 0.15) is 6.07 Å². The van der Waals surface area contributed by atoms with E-state index < -0.39 is 0 Å². The van der Waals surface area contributed by atoms with Crippen molar-refractivity contribution in [3.8, 4) is 6.07 Å². The summed E-state index contributed by atoms with van der Waals surface area (Å²) in [6, 6.07) is 6.83. The molecule has 1 rings (SSSR count). The average molecular weight is 191 g/mol. The molecule has 0 saturated carbocycles. The first kappa shape index (κ1) is 10.5. The molecule has 4 nitrogen and oxygen atoms in total. The van der Waals surface area contributed by atoms with Gasteiger partial charge in [0.25, 0.3) is 0 Å².